The molecule has 0 aliphatic heterocycles. The molecule has 2 rings (SSSR count). The fourth-order valence-electron chi connectivity index (χ4n) is 2.05. The third kappa shape index (κ3) is 4.05. The maximum atomic E-state index is 12.3. The molecule has 1 aromatic heterocycles. The topological polar surface area (TPSA) is 83.3 Å². The van der Waals surface area contributed by atoms with Gasteiger partial charge in [0.05, 0.1) is 24.2 Å². The molecule has 1 heterocycles. The molecule has 1 unspecified atom stereocenters. The summed E-state index contributed by atoms with van der Waals surface area (Å²) in [5, 5.41) is 20.0. The van der Waals surface area contributed by atoms with Crippen molar-refractivity contribution in [1.82, 2.24) is 19.9 Å². The molecule has 0 aliphatic rings. The van der Waals surface area contributed by atoms with Gasteiger partial charge in [0.1, 0.15) is 0 Å². The van der Waals surface area contributed by atoms with Crippen LogP contribution in [0.5, 0.6) is 0 Å². The zero-order valence-corrected chi connectivity index (χ0v) is 13.0. The average Bonchev–Trinajstić information content (AvgIpc) is 2.99. The summed E-state index contributed by atoms with van der Waals surface area (Å²) in [5.41, 5.74) is 1.55. The van der Waals surface area contributed by atoms with E-state index in [4.69, 9.17) is 0 Å². The molecule has 0 aliphatic carbocycles. The predicted octanol–water partition coefficient (Wildman–Crippen LogP) is 1.89. The summed E-state index contributed by atoms with van der Waals surface area (Å²) in [6, 6.07) is 7.07. The molecule has 2 N–H and O–H groups in total. The van der Waals surface area contributed by atoms with E-state index in [1.807, 2.05) is 26.0 Å². The van der Waals surface area contributed by atoms with Crippen LogP contribution in [0, 0.1) is 0 Å². The van der Waals surface area contributed by atoms with Crippen molar-refractivity contribution in [2.75, 3.05) is 11.9 Å². The second-order valence-corrected chi connectivity index (χ2v) is 5.42. The Morgan fingerprint density at radius 1 is 1.32 bits per heavy atom. The number of benzene rings is 1. The molecule has 0 radical (unpaired) electrons. The van der Waals surface area contributed by atoms with Gasteiger partial charge >= 0.3 is 6.03 Å². The minimum Gasteiger partial charge on any atom is -0.392 e. The van der Waals surface area contributed by atoms with Crippen LogP contribution in [0.1, 0.15) is 20.8 Å². The van der Waals surface area contributed by atoms with Crippen LogP contribution < -0.4 is 5.32 Å². The zero-order chi connectivity index (χ0) is 16.1. The molecule has 0 saturated heterocycles. The van der Waals surface area contributed by atoms with E-state index in [0.29, 0.717) is 12.2 Å². The number of aliphatic hydroxyl groups is 1. The Morgan fingerprint density at radius 3 is 2.50 bits per heavy atom. The van der Waals surface area contributed by atoms with Gasteiger partial charge in [-0.05, 0) is 45.0 Å². The number of hydrogen-bond acceptors (Lipinski definition) is 4. The molecule has 0 saturated carbocycles. The van der Waals surface area contributed by atoms with Crippen LogP contribution in [0.15, 0.2) is 36.7 Å². The predicted molar refractivity (Wildman–Crippen MR) is 83.9 cm³/mol. The van der Waals surface area contributed by atoms with Crippen LogP contribution in [0.3, 0.4) is 0 Å². The number of hydrogen-bond donors (Lipinski definition) is 2. The van der Waals surface area contributed by atoms with Crippen molar-refractivity contribution in [2.45, 2.75) is 32.9 Å². The monoisotopic (exact) mass is 303 g/mol. The largest absolute Gasteiger partial charge is 0.392 e. The fourth-order valence-corrected chi connectivity index (χ4v) is 2.05. The van der Waals surface area contributed by atoms with E-state index in [9.17, 15) is 9.90 Å². The molecule has 2 amide bonds. The van der Waals surface area contributed by atoms with E-state index < -0.39 is 6.10 Å². The maximum Gasteiger partial charge on any atom is 0.322 e. The fraction of sp³-hybridized carbons (Fsp3) is 0.400. The lowest BCUT2D eigenvalue weighted by Crippen LogP contribution is -2.43. The molecule has 118 valence electrons. The number of rotatable bonds is 5. The summed E-state index contributed by atoms with van der Waals surface area (Å²) >= 11 is 0. The number of amides is 2. The SMILES string of the molecule is CC(O)CN(C(=O)Nc1ccc(-n2ccnn2)cc1)C(C)C. The number of carbonyl (C=O) groups is 1. The van der Waals surface area contributed by atoms with Crippen molar-refractivity contribution in [2.24, 2.45) is 0 Å². The molecular weight excluding hydrogens is 282 g/mol. The number of carbonyl (C=O) groups excluding carboxylic acids is 1. The highest BCUT2D eigenvalue weighted by molar-refractivity contribution is 5.89. The molecule has 22 heavy (non-hydrogen) atoms. The van der Waals surface area contributed by atoms with Gasteiger partial charge < -0.3 is 15.3 Å². The quantitative estimate of drug-likeness (QED) is 0.883. The van der Waals surface area contributed by atoms with Crippen LogP contribution in [0.2, 0.25) is 0 Å². The number of anilines is 1. The van der Waals surface area contributed by atoms with Crippen molar-refractivity contribution in [3.05, 3.63) is 36.7 Å². The number of nitrogens with zero attached hydrogens (tertiary/aromatic N) is 4. The first-order valence-corrected chi connectivity index (χ1v) is 7.20. The van der Waals surface area contributed by atoms with Gasteiger partial charge in [-0.25, -0.2) is 9.48 Å². The zero-order valence-electron chi connectivity index (χ0n) is 13.0. The molecular formula is C15H21N5O2. The van der Waals surface area contributed by atoms with Gasteiger partial charge in [-0.3, -0.25) is 0 Å². The standard InChI is InChI=1S/C15H21N5O2/c1-11(2)19(10-12(3)21)15(22)17-13-4-6-14(7-5-13)20-9-8-16-18-20/h4-9,11-12,21H,10H2,1-3H3,(H,17,22). The molecule has 7 heteroatoms. The van der Waals surface area contributed by atoms with Gasteiger partial charge in [-0.2, -0.15) is 0 Å². The number of aliphatic hydroxyl groups excluding tert-OH is 1. The smallest absolute Gasteiger partial charge is 0.322 e. The average molecular weight is 303 g/mol. The Bertz CT molecular complexity index is 593. The first-order valence-electron chi connectivity index (χ1n) is 7.20. The lowest BCUT2D eigenvalue weighted by molar-refractivity contribution is 0.125. The molecule has 1 atom stereocenters. The highest BCUT2D eigenvalue weighted by atomic mass is 16.3. The summed E-state index contributed by atoms with van der Waals surface area (Å²) in [6.07, 6.45) is 2.78. The molecule has 0 fully saturated rings. The molecule has 0 bridgehead atoms. The van der Waals surface area contributed by atoms with E-state index in [0.717, 1.165) is 5.69 Å². The highest BCUT2D eigenvalue weighted by Gasteiger charge is 2.18. The summed E-state index contributed by atoms with van der Waals surface area (Å²) in [4.78, 5) is 13.9. The van der Waals surface area contributed by atoms with E-state index in [1.54, 1.807) is 41.0 Å². The molecule has 0 spiro atoms. The van der Waals surface area contributed by atoms with Crippen molar-refractivity contribution in [3.63, 3.8) is 0 Å². The Kier molecular flexibility index (Phi) is 5.11. The summed E-state index contributed by atoms with van der Waals surface area (Å²) in [5.74, 6) is 0. The van der Waals surface area contributed by atoms with E-state index in [2.05, 4.69) is 15.6 Å². The minimum atomic E-state index is -0.567. The number of aromatic nitrogens is 3. The summed E-state index contributed by atoms with van der Waals surface area (Å²) < 4.78 is 1.64. The third-order valence-corrected chi connectivity index (χ3v) is 3.15. The van der Waals surface area contributed by atoms with Gasteiger partial charge in [-0.15, -0.1) is 5.10 Å². The van der Waals surface area contributed by atoms with Gasteiger partial charge in [-0.1, -0.05) is 5.21 Å². The Hall–Kier alpha value is -2.41. The second-order valence-electron chi connectivity index (χ2n) is 5.42. The van der Waals surface area contributed by atoms with Crippen molar-refractivity contribution < 1.29 is 9.90 Å². The van der Waals surface area contributed by atoms with Gasteiger partial charge in [0, 0.05) is 18.3 Å². The van der Waals surface area contributed by atoms with Crippen molar-refractivity contribution in [3.8, 4) is 5.69 Å². The van der Waals surface area contributed by atoms with Crippen LogP contribution in [-0.2, 0) is 0 Å². The van der Waals surface area contributed by atoms with Gasteiger partial charge in [0.15, 0.2) is 0 Å². The Labute approximate surface area is 129 Å². The summed E-state index contributed by atoms with van der Waals surface area (Å²) in [6.45, 7) is 5.78. The van der Waals surface area contributed by atoms with Crippen LogP contribution in [0.4, 0.5) is 10.5 Å². The first kappa shape index (κ1) is 16.0. The number of urea groups is 1. The van der Waals surface area contributed by atoms with Crippen LogP contribution >= 0.6 is 0 Å². The van der Waals surface area contributed by atoms with E-state index in [1.165, 1.54) is 0 Å². The number of nitrogens with one attached hydrogen (secondary N) is 1. The maximum absolute atomic E-state index is 12.3. The highest BCUT2D eigenvalue weighted by Crippen LogP contribution is 2.13. The van der Waals surface area contributed by atoms with Crippen molar-refractivity contribution >= 4 is 11.7 Å². The molecule has 1 aromatic carbocycles. The first-order chi connectivity index (χ1) is 10.5. The van der Waals surface area contributed by atoms with E-state index in [-0.39, 0.29) is 12.1 Å². The normalized spacial score (nSPS) is 12.2. The van der Waals surface area contributed by atoms with Gasteiger partial charge in [0.25, 0.3) is 0 Å². The van der Waals surface area contributed by atoms with Crippen molar-refractivity contribution in [1.29, 1.82) is 0 Å². The second kappa shape index (κ2) is 7.04. The van der Waals surface area contributed by atoms with Crippen LogP contribution in [-0.4, -0.2) is 49.7 Å². The lowest BCUT2D eigenvalue weighted by Gasteiger charge is -2.28. The molecule has 7 nitrogen and oxygen atoms in total. The minimum absolute atomic E-state index is 0.00372. The summed E-state index contributed by atoms with van der Waals surface area (Å²) in [7, 11) is 0. The third-order valence-electron chi connectivity index (χ3n) is 3.15. The Morgan fingerprint density at radius 2 is 2.00 bits per heavy atom. The lowest BCUT2D eigenvalue weighted by atomic mass is 10.2. The van der Waals surface area contributed by atoms with E-state index >= 15 is 0 Å². The van der Waals surface area contributed by atoms with Crippen LogP contribution in [0.25, 0.3) is 5.69 Å². The molecule has 2 aromatic rings. The Balaban J connectivity index is 2.04. The van der Waals surface area contributed by atoms with Gasteiger partial charge in [0.2, 0.25) is 0 Å².